The van der Waals surface area contributed by atoms with Gasteiger partial charge in [0.2, 0.25) is 5.91 Å². The molecule has 3 aliphatic rings. The van der Waals surface area contributed by atoms with Crippen LogP contribution in [0.3, 0.4) is 0 Å². The van der Waals surface area contributed by atoms with Crippen molar-refractivity contribution in [3.63, 3.8) is 0 Å². The third-order valence-electron chi connectivity index (χ3n) is 7.77. The number of anilines is 1. The fourth-order valence-corrected chi connectivity index (χ4v) is 6.71. The van der Waals surface area contributed by atoms with Gasteiger partial charge >= 0.3 is 0 Å². The van der Waals surface area contributed by atoms with E-state index >= 15 is 0 Å². The Hall–Kier alpha value is -3.55. The van der Waals surface area contributed by atoms with E-state index in [2.05, 4.69) is 10.2 Å². The molecule has 2 fully saturated rings. The molecular weight excluding hydrogens is 466 g/mol. The van der Waals surface area contributed by atoms with Crippen LogP contribution in [0.25, 0.3) is 0 Å². The minimum Gasteiger partial charge on any atom is -0.324 e. The van der Waals surface area contributed by atoms with E-state index in [0.717, 1.165) is 12.8 Å². The van der Waals surface area contributed by atoms with Crippen molar-refractivity contribution in [3.05, 3.63) is 105 Å². The molecule has 1 N–H and O–H groups in total. The molecular formula is C27H22ClN3O4. The third kappa shape index (κ3) is 3.08. The highest BCUT2D eigenvalue weighted by molar-refractivity contribution is 6.31. The lowest BCUT2D eigenvalue weighted by Gasteiger charge is -2.37. The van der Waals surface area contributed by atoms with Crippen LogP contribution in [0.1, 0.15) is 40.2 Å². The molecule has 6 rings (SSSR count). The van der Waals surface area contributed by atoms with E-state index < -0.39 is 22.3 Å². The monoisotopic (exact) mass is 487 g/mol. The van der Waals surface area contributed by atoms with Gasteiger partial charge in [-0.25, -0.2) is 0 Å². The molecule has 1 amide bonds. The van der Waals surface area contributed by atoms with Crippen LogP contribution in [0.5, 0.6) is 0 Å². The average molecular weight is 488 g/mol. The number of amides is 1. The molecule has 0 radical (unpaired) electrons. The molecule has 0 aromatic heterocycles. The average Bonchev–Trinajstić information content (AvgIpc) is 3.52. The number of nitrogens with one attached hydrogen (secondary N) is 1. The van der Waals surface area contributed by atoms with Gasteiger partial charge in [-0.15, -0.1) is 0 Å². The molecule has 3 aromatic rings. The number of halogens is 1. The first-order chi connectivity index (χ1) is 16.9. The van der Waals surface area contributed by atoms with Crippen LogP contribution in [-0.2, 0) is 10.3 Å². The van der Waals surface area contributed by atoms with Gasteiger partial charge in [-0.2, -0.15) is 0 Å². The largest absolute Gasteiger partial charge is 0.324 e. The van der Waals surface area contributed by atoms with Crippen molar-refractivity contribution in [2.75, 3.05) is 11.9 Å². The maximum Gasteiger partial charge on any atom is 0.269 e. The molecule has 2 saturated heterocycles. The predicted octanol–water partition coefficient (Wildman–Crippen LogP) is 5.16. The van der Waals surface area contributed by atoms with Gasteiger partial charge in [0.1, 0.15) is 5.54 Å². The van der Waals surface area contributed by atoms with Crippen molar-refractivity contribution in [2.24, 2.45) is 5.92 Å². The van der Waals surface area contributed by atoms with Gasteiger partial charge in [0.05, 0.1) is 10.8 Å². The van der Waals surface area contributed by atoms with E-state index in [9.17, 15) is 19.7 Å². The molecule has 1 spiro atoms. The molecule has 3 aliphatic heterocycles. The van der Waals surface area contributed by atoms with Gasteiger partial charge in [-0.3, -0.25) is 24.6 Å². The summed E-state index contributed by atoms with van der Waals surface area (Å²) in [4.78, 5) is 41.6. The zero-order valence-corrected chi connectivity index (χ0v) is 19.4. The van der Waals surface area contributed by atoms with Crippen molar-refractivity contribution in [3.8, 4) is 0 Å². The first-order valence-corrected chi connectivity index (χ1v) is 12.0. The van der Waals surface area contributed by atoms with E-state index in [0.29, 0.717) is 33.9 Å². The lowest BCUT2D eigenvalue weighted by molar-refractivity contribution is -0.384. The molecule has 3 aromatic carbocycles. The van der Waals surface area contributed by atoms with Crippen LogP contribution in [0, 0.1) is 16.0 Å². The van der Waals surface area contributed by atoms with Crippen LogP contribution in [0.4, 0.5) is 11.4 Å². The summed E-state index contributed by atoms with van der Waals surface area (Å²) >= 11 is 6.41. The van der Waals surface area contributed by atoms with Gasteiger partial charge < -0.3 is 5.32 Å². The maximum atomic E-state index is 14.3. The zero-order valence-electron chi connectivity index (χ0n) is 18.7. The second-order valence-electron chi connectivity index (χ2n) is 9.40. The summed E-state index contributed by atoms with van der Waals surface area (Å²) in [5.74, 6) is -1.58. The second kappa shape index (κ2) is 8.00. The summed E-state index contributed by atoms with van der Waals surface area (Å²) in [5, 5.41) is 15.1. The fraction of sp³-hybridized carbons (Fsp3) is 0.259. The highest BCUT2D eigenvalue weighted by Crippen LogP contribution is 2.61. The Labute approximate surface area is 206 Å². The Balaban J connectivity index is 1.63. The van der Waals surface area contributed by atoms with Gasteiger partial charge in [0.25, 0.3) is 5.69 Å². The smallest absolute Gasteiger partial charge is 0.269 e. The van der Waals surface area contributed by atoms with Gasteiger partial charge in [-0.05, 0) is 43.1 Å². The summed E-state index contributed by atoms with van der Waals surface area (Å²) in [7, 11) is 0. The van der Waals surface area contributed by atoms with Crippen molar-refractivity contribution in [2.45, 2.75) is 30.3 Å². The molecule has 0 bridgehead atoms. The van der Waals surface area contributed by atoms with E-state index in [-0.39, 0.29) is 23.4 Å². The normalized spacial score (nSPS) is 27.0. The van der Waals surface area contributed by atoms with Gasteiger partial charge in [0.15, 0.2) is 5.78 Å². The van der Waals surface area contributed by atoms with Gasteiger partial charge in [0, 0.05) is 45.9 Å². The summed E-state index contributed by atoms with van der Waals surface area (Å²) in [6.45, 7) is 0.647. The number of benzene rings is 3. The Morgan fingerprint density at radius 2 is 1.89 bits per heavy atom. The number of nitro groups is 1. The fourth-order valence-electron chi connectivity index (χ4n) is 6.53. The van der Waals surface area contributed by atoms with Crippen LogP contribution in [0.2, 0.25) is 5.02 Å². The number of hydrogen-bond acceptors (Lipinski definition) is 5. The molecule has 8 heteroatoms. The lowest BCUT2D eigenvalue weighted by atomic mass is 9.68. The van der Waals surface area contributed by atoms with Crippen LogP contribution in [-0.4, -0.2) is 34.1 Å². The SMILES string of the molecule is O=C(c1ccccc1)[C@@H]1[C@H](c2cccc([N+](=O)[O-])c2)[C@H]2CCCN2[C@]12C(=O)Nc1ccc(Cl)cc12. The number of fused-ring (bicyclic) bond motifs is 4. The number of non-ortho nitro benzene ring substituents is 1. The highest BCUT2D eigenvalue weighted by Gasteiger charge is 2.69. The summed E-state index contributed by atoms with van der Waals surface area (Å²) in [5.41, 5.74) is 1.28. The first-order valence-electron chi connectivity index (χ1n) is 11.6. The summed E-state index contributed by atoms with van der Waals surface area (Å²) in [6, 6.07) is 20.6. The molecule has 4 atom stereocenters. The molecule has 0 unspecified atom stereocenters. The van der Waals surface area contributed by atoms with E-state index in [1.165, 1.54) is 6.07 Å². The number of nitrogens with zero attached hydrogens (tertiary/aromatic N) is 2. The Morgan fingerprint density at radius 1 is 1.09 bits per heavy atom. The number of ketones is 1. The lowest BCUT2D eigenvalue weighted by Crippen LogP contribution is -2.52. The van der Waals surface area contributed by atoms with Crippen LogP contribution in [0.15, 0.2) is 72.8 Å². The summed E-state index contributed by atoms with van der Waals surface area (Å²) in [6.07, 6.45) is 1.66. The standard InChI is InChI=1S/C27H22ClN3O4/c28-18-11-12-21-20(15-18)27(26(33)29-21)24(25(32)16-6-2-1-3-7-16)23(22-10-5-13-30(22)27)17-8-4-9-19(14-17)31(34)35/h1-4,6-9,11-12,14-15,22-24H,5,10,13H2,(H,29,33)/t22-,23-,24+,27+/m1/s1. The Bertz CT molecular complexity index is 1380. The minimum absolute atomic E-state index is 0.0294. The molecule has 35 heavy (non-hydrogen) atoms. The minimum atomic E-state index is -1.25. The number of carbonyl (C=O) groups excluding carboxylic acids is 2. The number of carbonyl (C=O) groups is 2. The topological polar surface area (TPSA) is 92.5 Å². The Morgan fingerprint density at radius 3 is 2.66 bits per heavy atom. The number of Topliss-reactive ketones (excluding diaryl/α,β-unsaturated/α-hetero) is 1. The van der Waals surface area contributed by atoms with Gasteiger partial charge in [-0.1, -0.05) is 54.1 Å². The zero-order chi connectivity index (χ0) is 24.3. The van der Waals surface area contributed by atoms with Crippen molar-refractivity contribution in [1.82, 2.24) is 4.90 Å². The van der Waals surface area contributed by atoms with Crippen molar-refractivity contribution < 1.29 is 14.5 Å². The quantitative estimate of drug-likeness (QED) is 0.312. The van der Waals surface area contributed by atoms with Crippen molar-refractivity contribution in [1.29, 1.82) is 0 Å². The van der Waals surface area contributed by atoms with Crippen LogP contribution < -0.4 is 5.32 Å². The maximum absolute atomic E-state index is 14.3. The Kier molecular flexibility index (Phi) is 5.02. The number of rotatable bonds is 4. The third-order valence-corrected chi connectivity index (χ3v) is 8.00. The van der Waals surface area contributed by atoms with Crippen molar-refractivity contribution >= 4 is 34.7 Å². The molecule has 0 saturated carbocycles. The molecule has 7 nitrogen and oxygen atoms in total. The summed E-state index contributed by atoms with van der Waals surface area (Å²) < 4.78 is 0. The van der Waals surface area contributed by atoms with Crippen LogP contribution >= 0.6 is 11.6 Å². The second-order valence-corrected chi connectivity index (χ2v) is 9.84. The van der Waals surface area contributed by atoms with E-state index in [1.54, 1.807) is 54.6 Å². The number of hydrogen-bond donors (Lipinski definition) is 1. The molecule has 3 heterocycles. The first kappa shape index (κ1) is 21.9. The highest BCUT2D eigenvalue weighted by atomic mass is 35.5. The van der Waals surface area contributed by atoms with E-state index in [1.807, 2.05) is 12.1 Å². The number of nitro benzene ring substituents is 1. The van der Waals surface area contributed by atoms with E-state index in [4.69, 9.17) is 11.6 Å². The molecule has 176 valence electrons. The molecule has 0 aliphatic carbocycles. The predicted molar refractivity (Wildman–Crippen MR) is 132 cm³/mol.